The molecule has 1 saturated carbocycles. The largest absolute Gasteiger partial charge is 0.281 e. The fourth-order valence-electron chi connectivity index (χ4n) is 0.997. The van der Waals surface area contributed by atoms with E-state index in [1.807, 2.05) is 12.1 Å². The van der Waals surface area contributed by atoms with E-state index in [0.29, 0.717) is 11.6 Å². The van der Waals surface area contributed by atoms with Gasteiger partial charge in [-0.3, -0.25) is 5.10 Å². The molecule has 2 rings (SSSR count). The maximum absolute atomic E-state index is 8.42. The van der Waals surface area contributed by atoms with Crippen molar-refractivity contribution in [1.29, 1.82) is 5.26 Å². The molecule has 3 nitrogen and oxygen atoms in total. The van der Waals surface area contributed by atoms with Gasteiger partial charge in [-0.15, -0.1) is 0 Å². The summed E-state index contributed by atoms with van der Waals surface area (Å²) < 4.78 is 0. The van der Waals surface area contributed by atoms with E-state index in [4.69, 9.17) is 5.26 Å². The summed E-state index contributed by atoms with van der Waals surface area (Å²) in [5, 5.41) is 15.1. The highest BCUT2D eigenvalue weighted by molar-refractivity contribution is 5.25. The van der Waals surface area contributed by atoms with Crippen molar-refractivity contribution in [3.8, 4) is 6.07 Å². The minimum absolute atomic E-state index is 0.502. The average molecular weight is 133 g/mol. The molecular formula is C7H7N3. The Balaban J connectivity index is 2.29. The lowest BCUT2D eigenvalue weighted by Crippen LogP contribution is -1.75. The van der Waals surface area contributed by atoms with Crippen LogP contribution >= 0.6 is 0 Å². The number of H-pyrrole nitrogens is 1. The maximum atomic E-state index is 8.42. The summed E-state index contributed by atoms with van der Waals surface area (Å²) >= 11 is 0. The predicted octanol–water partition coefficient (Wildman–Crippen LogP) is 1.16. The van der Waals surface area contributed by atoms with Crippen molar-refractivity contribution in [1.82, 2.24) is 10.2 Å². The van der Waals surface area contributed by atoms with E-state index in [-0.39, 0.29) is 0 Å². The highest BCUT2D eigenvalue weighted by Crippen LogP contribution is 2.38. The standard InChI is InChI=1S/C7H7N3/c8-4-6-3-7(10-9-6)5-1-2-5/h3,5H,1-2H2,(H,9,10). The Kier molecular flexibility index (Phi) is 1.01. The Hall–Kier alpha value is -1.30. The van der Waals surface area contributed by atoms with Gasteiger partial charge in [0.05, 0.1) is 0 Å². The lowest BCUT2D eigenvalue weighted by molar-refractivity contribution is 0.961. The molecule has 1 heterocycles. The van der Waals surface area contributed by atoms with Crippen LogP contribution in [0.3, 0.4) is 0 Å². The van der Waals surface area contributed by atoms with E-state index < -0.39 is 0 Å². The van der Waals surface area contributed by atoms with Crippen LogP contribution in [-0.4, -0.2) is 10.2 Å². The molecule has 1 N–H and O–H groups in total. The lowest BCUT2D eigenvalue weighted by atomic mass is 10.3. The average Bonchev–Trinajstić information content (AvgIpc) is 2.70. The van der Waals surface area contributed by atoms with Gasteiger partial charge < -0.3 is 0 Å². The summed E-state index contributed by atoms with van der Waals surface area (Å²) in [7, 11) is 0. The highest BCUT2D eigenvalue weighted by atomic mass is 15.1. The second-order valence-corrected chi connectivity index (χ2v) is 2.59. The number of nitrogens with zero attached hydrogens (tertiary/aromatic N) is 2. The predicted molar refractivity (Wildman–Crippen MR) is 35.3 cm³/mol. The van der Waals surface area contributed by atoms with Crippen LogP contribution < -0.4 is 0 Å². The second-order valence-electron chi connectivity index (χ2n) is 2.59. The second kappa shape index (κ2) is 1.84. The molecule has 0 atom stereocenters. The van der Waals surface area contributed by atoms with Crippen molar-refractivity contribution < 1.29 is 0 Å². The van der Waals surface area contributed by atoms with E-state index in [2.05, 4.69) is 10.2 Å². The molecule has 10 heavy (non-hydrogen) atoms. The number of hydrogen-bond acceptors (Lipinski definition) is 2. The Bertz CT molecular complexity index is 277. The van der Waals surface area contributed by atoms with Crippen LogP contribution in [0.2, 0.25) is 0 Å². The smallest absolute Gasteiger partial charge is 0.162 e. The Morgan fingerprint density at radius 1 is 1.70 bits per heavy atom. The molecule has 0 amide bonds. The first-order valence-electron chi connectivity index (χ1n) is 3.35. The van der Waals surface area contributed by atoms with Crippen molar-refractivity contribution in [2.75, 3.05) is 0 Å². The molecular weight excluding hydrogens is 126 g/mol. The first kappa shape index (κ1) is 5.48. The van der Waals surface area contributed by atoms with Crippen molar-refractivity contribution >= 4 is 0 Å². The molecule has 1 aromatic rings. The zero-order valence-corrected chi connectivity index (χ0v) is 5.46. The van der Waals surface area contributed by atoms with Gasteiger partial charge in [0.1, 0.15) is 6.07 Å². The van der Waals surface area contributed by atoms with Gasteiger partial charge in [-0.1, -0.05) is 0 Å². The summed E-state index contributed by atoms with van der Waals surface area (Å²) in [6, 6.07) is 3.82. The fourth-order valence-corrected chi connectivity index (χ4v) is 0.997. The molecule has 1 aromatic heterocycles. The Labute approximate surface area is 58.7 Å². The molecule has 3 heteroatoms. The van der Waals surface area contributed by atoms with Crippen LogP contribution in [0.15, 0.2) is 6.07 Å². The molecule has 1 fully saturated rings. The normalized spacial score (nSPS) is 16.7. The summed E-state index contributed by atoms with van der Waals surface area (Å²) in [6.07, 6.45) is 2.49. The van der Waals surface area contributed by atoms with E-state index in [1.165, 1.54) is 12.8 Å². The molecule has 0 unspecified atom stereocenters. The monoisotopic (exact) mass is 133 g/mol. The van der Waals surface area contributed by atoms with Crippen LogP contribution in [0, 0.1) is 11.3 Å². The van der Waals surface area contributed by atoms with Gasteiger partial charge in [0.25, 0.3) is 0 Å². The van der Waals surface area contributed by atoms with Crippen LogP contribution in [-0.2, 0) is 0 Å². The van der Waals surface area contributed by atoms with Gasteiger partial charge in [-0.05, 0) is 18.9 Å². The SMILES string of the molecule is N#Cc1cc(C2CC2)[nH]n1. The third-order valence-corrected chi connectivity index (χ3v) is 1.73. The molecule has 0 spiro atoms. The third-order valence-electron chi connectivity index (χ3n) is 1.73. The van der Waals surface area contributed by atoms with Crippen LogP contribution in [0.4, 0.5) is 0 Å². The molecule has 1 aliphatic carbocycles. The minimum Gasteiger partial charge on any atom is -0.281 e. The van der Waals surface area contributed by atoms with Gasteiger partial charge in [0, 0.05) is 11.6 Å². The summed E-state index contributed by atoms with van der Waals surface area (Å²) in [5.41, 5.74) is 1.62. The minimum atomic E-state index is 0.502. The van der Waals surface area contributed by atoms with E-state index >= 15 is 0 Å². The summed E-state index contributed by atoms with van der Waals surface area (Å²) in [5.74, 6) is 0.662. The molecule has 0 radical (unpaired) electrons. The number of nitriles is 1. The number of aromatic amines is 1. The molecule has 1 aliphatic rings. The zero-order valence-electron chi connectivity index (χ0n) is 5.46. The Morgan fingerprint density at radius 3 is 3.00 bits per heavy atom. The van der Waals surface area contributed by atoms with Crippen LogP contribution in [0.25, 0.3) is 0 Å². The topological polar surface area (TPSA) is 52.5 Å². The van der Waals surface area contributed by atoms with Crippen molar-refractivity contribution in [2.24, 2.45) is 0 Å². The van der Waals surface area contributed by atoms with Gasteiger partial charge in [-0.2, -0.15) is 10.4 Å². The van der Waals surface area contributed by atoms with Crippen molar-refractivity contribution in [3.05, 3.63) is 17.5 Å². The third kappa shape index (κ3) is 0.781. The fraction of sp³-hybridized carbons (Fsp3) is 0.429. The van der Waals surface area contributed by atoms with Crippen molar-refractivity contribution in [2.45, 2.75) is 18.8 Å². The molecule has 0 aliphatic heterocycles. The van der Waals surface area contributed by atoms with Gasteiger partial charge >= 0.3 is 0 Å². The maximum Gasteiger partial charge on any atom is 0.162 e. The zero-order chi connectivity index (χ0) is 6.97. The summed E-state index contributed by atoms with van der Waals surface area (Å²) in [4.78, 5) is 0. The van der Waals surface area contributed by atoms with Crippen LogP contribution in [0.5, 0.6) is 0 Å². The van der Waals surface area contributed by atoms with Gasteiger partial charge in [-0.25, -0.2) is 0 Å². The number of hydrogen-bond donors (Lipinski definition) is 1. The number of rotatable bonds is 1. The lowest BCUT2D eigenvalue weighted by Gasteiger charge is -1.82. The quantitative estimate of drug-likeness (QED) is 0.624. The van der Waals surface area contributed by atoms with Gasteiger partial charge in [0.2, 0.25) is 0 Å². The molecule has 0 saturated heterocycles. The number of aromatic nitrogens is 2. The first-order chi connectivity index (χ1) is 4.90. The van der Waals surface area contributed by atoms with Crippen molar-refractivity contribution in [3.63, 3.8) is 0 Å². The van der Waals surface area contributed by atoms with E-state index in [1.54, 1.807) is 0 Å². The molecule has 50 valence electrons. The van der Waals surface area contributed by atoms with E-state index in [9.17, 15) is 0 Å². The number of nitrogens with one attached hydrogen (secondary N) is 1. The van der Waals surface area contributed by atoms with E-state index in [0.717, 1.165) is 5.69 Å². The van der Waals surface area contributed by atoms with Crippen LogP contribution in [0.1, 0.15) is 30.1 Å². The summed E-state index contributed by atoms with van der Waals surface area (Å²) in [6.45, 7) is 0. The Morgan fingerprint density at radius 2 is 2.50 bits per heavy atom. The molecule has 0 aromatic carbocycles. The molecule has 0 bridgehead atoms. The highest BCUT2D eigenvalue weighted by Gasteiger charge is 2.25. The van der Waals surface area contributed by atoms with Gasteiger partial charge in [0.15, 0.2) is 5.69 Å². The first-order valence-corrected chi connectivity index (χ1v) is 3.35.